The molecule has 2 rings (SSSR count). The lowest BCUT2D eigenvalue weighted by Gasteiger charge is -2.49. The van der Waals surface area contributed by atoms with Crippen molar-refractivity contribution in [3.8, 4) is 0 Å². The Balaban J connectivity index is 4.44. The zero-order valence-corrected chi connectivity index (χ0v) is 39.5. The third-order valence-corrected chi connectivity index (χ3v) is 13.2. The summed E-state index contributed by atoms with van der Waals surface area (Å²) in [5.74, 6) is -35.0. The molecule has 0 saturated carbocycles. The van der Waals surface area contributed by atoms with Crippen LogP contribution in [0.4, 0.5) is 0 Å². The molecule has 0 spiro atoms. The Morgan fingerprint density at radius 2 is 0.262 bits per heavy atom. The minimum absolute atomic E-state index is 0.843. The molecular formula is C45H76O20. The number of aliphatic hydroxyl groups is 20. The summed E-state index contributed by atoms with van der Waals surface area (Å²) in [4.78, 5) is 0. The Morgan fingerprint density at radius 1 is 0.185 bits per heavy atom. The van der Waals surface area contributed by atoms with Crippen LogP contribution >= 0.6 is 0 Å². The van der Waals surface area contributed by atoms with E-state index in [2.05, 4.69) is 0 Å². The molecule has 2 aromatic carbocycles. The van der Waals surface area contributed by atoms with Crippen LogP contribution in [-0.2, 0) is 63.3 Å². The predicted octanol–water partition coefficient (Wildman–Crippen LogP) is -0.514. The highest BCUT2D eigenvalue weighted by molar-refractivity contribution is 5.68. The number of hydrogen-bond acceptors (Lipinski definition) is 20. The lowest BCUT2D eigenvalue weighted by Crippen LogP contribution is -2.50. The van der Waals surface area contributed by atoms with Crippen molar-refractivity contribution in [1.82, 2.24) is 0 Å². The zero-order chi connectivity index (χ0) is 51.5. The number of rotatable bonds is 22. The van der Waals surface area contributed by atoms with Crippen LogP contribution in [0.2, 0.25) is 0 Å². The summed E-state index contributed by atoms with van der Waals surface area (Å²) < 4.78 is 0. The van der Waals surface area contributed by atoms with E-state index >= 15 is 0 Å². The van der Waals surface area contributed by atoms with E-state index in [1.54, 1.807) is 0 Å². The van der Waals surface area contributed by atoms with Gasteiger partial charge in [0.25, 0.3) is 0 Å². The Kier molecular flexibility index (Phi) is 17.0. The minimum Gasteiger partial charge on any atom is -0.362 e. The third-order valence-electron chi connectivity index (χ3n) is 13.2. The second-order valence-corrected chi connectivity index (χ2v) is 17.8. The van der Waals surface area contributed by atoms with Crippen LogP contribution < -0.4 is 0 Å². The van der Waals surface area contributed by atoms with Gasteiger partial charge in [-0.3, -0.25) is 0 Å². The van der Waals surface area contributed by atoms with E-state index in [4.69, 9.17) is 0 Å². The Hall–Kier alpha value is -2.36. The summed E-state index contributed by atoms with van der Waals surface area (Å²) >= 11 is 0. The van der Waals surface area contributed by atoms with E-state index in [9.17, 15) is 102 Å². The average molecular weight is 937 g/mol. The maximum absolute atomic E-state index is 12.2. The SMILES string of the molecule is CCC(O)(O)c1c(C(O)(O)CC)c(C(O)(O)CC)c(C(C)(C)c2c(C(O)(O)CC)c(C(O)(O)CC)c(C(O)(O)CC)c(C(O)(O)CC)c2C(O)(O)CC)c(C(O)(O)CC)c1C(O)(O)CC. The fourth-order valence-electron chi connectivity index (χ4n) is 8.65. The van der Waals surface area contributed by atoms with Crippen LogP contribution in [0.1, 0.15) is 214 Å². The van der Waals surface area contributed by atoms with Crippen LogP contribution in [0.15, 0.2) is 0 Å². The smallest absolute Gasteiger partial charge is 0.190 e. The summed E-state index contributed by atoms with van der Waals surface area (Å²) in [7, 11) is 0. The predicted molar refractivity (Wildman–Crippen MR) is 229 cm³/mol. The first-order valence-electron chi connectivity index (χ1n) is 22.1. The van der Waals surface area contributed by atoms with Gasteiger partial charge >= 0.3 is 0 Å². The van der Waals surface area contributed by atoms with Crippen LogP contribution in [-0.4, -0.2) is 102 Å². The highest BCUT2D eigenvalue weighted by Crippen LogP contribution is 2.59. The van der Waals surface area contributed by atoms with Crippen LogP contribution in [0.3, 0.4) is 0 Å². The lowest BCUT2D eigenvalue weighted by molar-refractivity contribution is -0.218. The normalized spacial score (nSPS) is 14.8. The average Bonchev–Trinajstić information content (AvgIpc) is 3.23. The Morgan fingerprint density at radius 3 is 0.338 bits per heavy atom. The molecule has 0 aliphatic heterocycles. The molecule has 0 saturated heterocycles. The van der Waals surface area contributed by atoms with Crippen LogP contribution in [0, 0.1) is 0 Å². The summed E-state index contributed by atoms with van der Waals surface area (Å²) in [5, 5.41) is 241. The first kappa shape index (κ1) is 58.8. The summed E-state index contributed by atoms with van der Waals surface area (Å²) in [6, 6.07) is 0. The van der Waals surface area contributed by atoms with Gasteiger partial charge in [-0.05, 0) is 11.1 Å². The molecule has 0 bridgehead atoms. The fourth-order valence-corrected chi connectivity index (χ4v) is 8.65. The second kappa shape index (κ2) is 18.9. The second-order valence-electron chi connectivity index (χ2n) is 17.8. The van der Waals surface area contributed by atoms with Crippen molar-refractivity contribution in [2.75, 3.05) is 0 Å². The summed E-state index contributed by atoms with van der Waals surface area (Å²) in [6.07, 6.45) is -8.76. The van der Waals surface area contributed by atoms with Gasteiger partial charge in [0.2, 0.25) is 0 Å². The fraction of sp³-hybridized carbons (Fsp3) is 0.733. The van der Waals surface area contributed by atoms with Crippen LogP contribution in [0.25, 0.3) is 0 Å². The third kappa shape index (κ3) is 10.1. The quantitative estimate of drug-likeness (QED) is 0.0661. The number of hydrogen-bond donors (Lipinski definition) is 20. The van der Waals surface area contributed by atoms with E-state index in [0.717, 1.165) is 83.1 Å². The Bertz CT molecular complexity index is 1770. The van der Waals surface area contributed by atoms with Gasteiger partial charge in [0.1, 0.15) is 0 Å². The molecule has 0 heterocycles. The molecule has 0 aliphatic carbocycles. The molecule has 376 valence electrons. The Labute approximate surface area is 378 Å². The van der Waals surface area contributed by atoms with Gasteiger partial charge in [-0.25, -0.2) is 0 Å². The van der Waals surface area contributed by atoms with Gasteiger partial charge in [0, 0.05) is 125 Å². The van der Waals surface area contributed by atoms with E-state index in [1.165, 1.54) is 0 Å². The molecule has 0 amide bonds. The molecule has 20 heteroatoms. The van der Waals surface area contributed by atoms with E-state index in [1.807, 2.05) is 0 Å². The molecule has 0 atom stereocenters. The molecule has 20 nitrogen and oxygen atoms in total. The van der Waals surface area contributed by atoms with Crippen molar-refractivity contribution in [2.24, 2.45) is 0 Å². The highest BCUT2D eigenvalue weighted by atomic mass is 16.5. The molecular weight excluding hydrogens is 860 g/mol. The van der Waals surface area contributed by atoms with E-state index in [0.29, 0.717) is 0 Å². The standard InChI is InChI=1S/C45H76O20/c1-13-36(46,47)25-23(26(37(48,49)14-2)30(41(56,57)18-6)33(44(62,63)21-9)29(25)40(54,55)17-5)35(11,12)24-27(38(50,51)15-3)31(42(58,59)19-7)34(45(64,65)22-10)32(43(60,61)20-8)28(24)39(52,53)16-4/h46-65H,13-22H2,1-12H3. The molecule has 2 aromatic rings. The largest absolute Gasteiger partial charge is 0.362 e. The summed E-state index contributed by atoms with van der Waals surface area (Å²) in [6.45, 7) is 13.3. The van der Waals surface area contributed by atoms with Gasteiger partial charge in [-0.15, -0.1) is 0 Å². The van der Waals surface area contributed by atoms with E-state index < -0.39 is 194 Å². The van der Waals surface area contributed by atoms with Gasteiger partial charge in [-0.2, -0.15) is 0 Å². The molecule has 0 radical (unpaired) electrons. The topological polar surface area (TPSA) is 405 Å². The first-order valence-corrected chi connectivity index (χ1v) is 22.1. The van der Waals surface area contributed by atoms with Crippen LogP contribution in [0.5, 0.6) is 0 Å². The van der Waals surface area contributed by atoms with Crippen molar-refractivity contribution in [1.29, 1.82) is 0 Å². The van der Waals surface area contributed by atoms with Gasteiger partial charge in [0.05, 0.1) is 0 Å². The van der Waals surface area contributed by atoms with Gasteiger partial charge in [0.15, 0.2) is 57.9 Å². The molecule has 0 unspecified atom stereocenters. The first-order chi connectivity index (χ1) is 29.1. The van der Waals surface area contributed by atoms with Crippen molar-refractivity contribution in [3.05, 3.63) is 66.8 Å². The van der Waals surface area contributed by atoms with Crippen molar-refractivity contribution in [3.63, 3.8) is 0 Å². The molecule has 0 fully saturated rings. The molecule has 0 aromatic heterocycles. The molecule has 65 heavy (non-hydrogen) atoms. The maximum atomic E-state index is 12.2. The van der Waals surface area contributed by atoms with Crippen molar-refractivity contribution >= 4 is 0 Å². The van der Waals surface area contributed by atoms with E-state index in [-0.39, 0.29) is 0 Å². The van der Waals surface area contributed by atoms with Crippen molar-refractivity contribution in [2.45, 2.75) is 211 Å². The summed E-state index contributed by atoms with van der Waals surface area (Å²) in [5.41, 5.74) is -17.7. The molecule has 0 aliphatic rings. The van der Waals surface area contributed by atoms with Crippen molar-refractivity contribution < 1.29 is 102 Å². The highest BCUT2D eigenvalue weighted by Gasteiger charge is 2.59. The monoisotopic (exact) mass is 936 g/mol. The number of benzene rings is 2. The minimum atomic E-state index is -3.54. The van der Waals surface area contributed by atoms with Gasteiger partial charge in [-0.1, -0.05) is 83.1 Å². The molecule has 20 N–H and O–H groups in total. The van der Waals surface area contributed by atoms with Gasteiger partial charge < -0.3 is 102 Å². The zero-order valence-electron chi connectivity index (χ0n) is 39.5. The lowest BCUT2D eigenvalue weighted by atomic mass is 9.60. The maximum Gasteiger partial charge on any atom is 0.190 e.